The number of piperazine rings is 1. The van der Waals surface area contributed by atoms with Crippen LogP contribution < -0.4 is 4.90 Å². The summed E-state index contributed by atoms with van der Waals surface area (Å²) in [5.74, 6) is 0. The number of benzene rings is 3. The van der Waals surface area contributed by atoms with E-state index in [1.807, 2.05) is 6.92 Å². The quantitative estimate of drug-likeness (QED) is 0.711. The molecule has 1 heterocycles. The Morgan fingerprint density at radius 2 is 1.71 bits per heavy atom. The number of nitrogens with one attached hydrogen (secondary N) is 1. The van der Waals surface area contributed by atoms with Crippen LogP contribution in [-0.2, 0) is 16.6 Å². The van der Waals surface area contributed by atoms with Gasteiger partial charge in [-0.25, -0.2) is 8.42 Å². The van der Waals surface area contributed by atoms with Crippen LogP contribution in [0.15, 0.2) is 65.6 Å². The molecule has 4 nitrogen and oxygen atoms in total. The van der Waals surface area contributed by atoms with Gasteiger partial charge in [0.2, 0.25) is 10.0 Å². The van der Waals surface area contributed by atoms with Crippen molar-refractivity contribution in [2.45, 2.75) is 18.4 Å². The van der Waals surface area contributed by atoms with Crippen molar-refractivity contribution in [1.29, 1.82) is 0 Å². The van der Waals surface area contributed by atoms with Gasteiger partial charge < -0.3 is 4.90 Å². The van der Waals surface area contributed by atoms with Crippen LogP contribution in [0.25, 0.3) is 10.8 Å². The lowest BCUT2D eigenvalue weighted by Crippen LogP contribution is -3.13. The van der Waals surface area contributed by atoms with E-state index < -0.39 is 10.0 Å². The Kier molecular flexibility index (Phi) is 5.43. The second-order valence-electron chi connectivity index (χ2n) is 7.38. The molecule has 1 fully saturated rings. The van der Waals surface area contributed by atoms with Crippen molar-refractivity contribution >= 4 is 32.4 Å². The van der Waals surface area contributed by atoms with Crippen LogP contribution in [0.5, 0.6) is 0 Å². The van der Waals surface area contributed by atoms with Crippen LogP contribution >= 0.6 is 11.6 Å². The predicted molar refractivity (Wildman–Crippen MR) is 113 cm³/mol. The fourth-order valence-corrected chi connectivity index (χ4v) is 5.53. The van der Waals surface area contributed by atoms with Crippen molar-refractivity contribution in [3.8, 4) is 0 Å². The zero-order valence-electron chi connectivity index (χ0n) is 15.9. The average Bonchev–Trinajstić information content (AvgIpc) is 2.71. The van der Waals surface area contributed by atoms with Gasteiger partial charge in [-0.15, -0.1) is 0 Å². The Balaban J connectivity index is 1.46. The minimum absolute atomic E-state index is 0.278. The summed E-state index contributed by atoms with van der Waals surface area (Å²) in [4.78, 5) is 1.69. The molecule has 0 spiro atoms. The summed E-state index contributed by atoms with van der Waals surface area (Å²) in [7, 11) is -3.50. The van der Waals surface area contributed by atoms with Gasteiger partial charge in [-0.3, -0.25) is 0 Å². The van der Waals surface area contributed by atoms with Crippen LogP contribution in [0, 0.1) is 6.92 Å². The highest BCUT2D eigenvalue weighted by Gasteiger charge is 2.30. The Hall–Kier alpha value is -1.92. The number of hydrogen-bond donors (Lipinski definition) is 1. The molecule has 0 atom stereocenters. The molecule has 1 saturated heterocycles. The molecule has 0 aliphatic carbocycles. The first-order valence-corrected chi connectivity index (χ1v) is 11.3. The number of rotatable bonds is 4. The van der Waals surface area contributed by atoms with Crippen LogP contribution in [0.3, 0.4) is 0 Å². The van der Waals surface area contributed by atoms with Crippen molar-refractivity contribution in [2.75, 3.05) is 26.2 Å². The van der Waals surface area contributed by atoms with E-state index in [2.05, 4.69) is 42.5 Å². The van der Waals surface area contributed by atoms with Gasteiger partial charge in [0, 0.05) is 10.6 Å². The maximum absolute atomic E-state index is 12.9. The van der Waals surface area contributed by atoms with Gasteiger partial charge in [-0.1, -0.05) is 60.1 Å². The van der Waals surface area contributed by atoms with Gasteiger partial charge in [0.05, 0.1) is 31.1 Å². The highest BCUT2D eigenvalue weighted by Crippen LogP contribution is 2.23. The van der Waals surface area contributed by atoms with Crippen LogP contribution in [0.2, 0.25) is 5.02 Å². The Morgan fingerprint density at radius 3 is 2.46 bits per heavy atom. The molecule has 146 valence electrons. The highest BCUT2D eigenvalue weighted by molar-refractivity contribution is 7.89. The molecule has 3 aromatic carbocycles. The SMILES string of the molecule is Cc1ccc(S(=O)(=O)N2CC[NH+](Cc3cccc4ccccc34)CC2)cc1Cl. The van der Waals surface area contributed by atoms with E-state index in [0.29, 0.717) is 18.1 Å². The third-order valence-corrected chi connectivity index (χ3v) is 7.83. The zero-order valence-corrected chi connectivity index (χ0v) is 17.4. The van der Waals surface area contributed by atoms with Crippen molar-refractivity contribution in [3.05, 3.63) is 76.8 Å². The number of nitrogens with zero attached hydrogens (tertiary/aromatic N) is 1. The Labute approximate surface area is 171 Å². The van der Waals surface area contributed by atoms with Gasteiger partial charge in [-0.2, -0.15) is 4.31 Å². The molecule has 1 aliphatic heterocycles. The topological polar surface area (TPSA) is 41.8 Å². The first kappa shape index (κ1) is 19.4. The van der Waals surface area contributed by atoms with E-state index in [9.17, 15) is 8.42 Å². The van der Waals surface area contributed by atoms with Gasteiger partial charge in [0.1, 0.15) is 6.54 Å². The predicted octanol–water partition coefficient (Wildman–Crippen LogP) is 2.89. The van der Waals surface area contributed by atoms with Crippen molar-refractivity contribution in [2.24, 2.45) is 0 Å². The second kappa shape index (κ2) is 7.84. The lowest BCUT2D eigenvalue weighted by molar-refractivity contribution is -0.917. The minimum Gasteiger partial charge on any atom is -0.329 e. The van der Waals surface area contributed by atoms with E-state index in [0.717, 1.165) is 25.2 Å². The molecule has 0 radical (unpaired) electrons. The summed E-state index contributed by atoms with van der Waals surface area (Å²) < 4.78 is 27.5. The number of quaternary nitrogens is 1. The smallest absolute Gasteiger partial charge is 0.243 e. The van der Waals surface area contributed by atoms with Gasteiger partial charge in [-0.05, 0) is 35.4 Å². The third kappa shape index (κ3) is 3.80. The molecule has 0 saturated carbocycles. The molecular weight excluding hydrogens is 392 g/mol. The summed E-state index contributed by atoms with van der Waals surface area (Å²) >= 11 is 6.13. The second-order valence-corrected chi connectivity index (χ2v) is 9.73. The molecule has 4 rings (SSSR count). The normalized spacial score (nSPS) is 16.5. The number of sulfonamides is 1. The van der Waals surface area contributed by atoms with Crippen LogP contribution in [0.4, 0.5) is 0 Å². The van der Waals surface area contributed by atoms with E-state index in [-0.39, 0.29) is 4.90 Å². The third-order valence-electron chi connectivity index (χ3n) is 5.53. The fraction of sp³-hybridized carbons (Fsp3) is 0.273. The average molecular weight is 416 g/mol. The monoisotopic (exact) mass is 415 g/mol. The largest absolute Gasteiger partial charge is 0.329 e. The van der Waals surface area contributed by atoms with Gasteiger partial charge in [0.25, 0.3) is 0 Å². The lowest BCUT2D eigenvalue weighted by atomic mass is 10.0. The number of fused-ring (bicyclic) bond motifs is 1. The molecule has 1 aliphatic rings. The summed E-state index contributed by atoms with van der Waals surface area (Å²) in [5.41, 5.74) is 2.19. The van der Waals surface area contributed by atoms with Crippen LogP contribution in [0.1, 0.15) is 11.1 Å². The summed E-state index contributed by atoms with van der Waals surface area (Å²) in [5, 5.41) is 3.01. The number of hydrogen-bond acceptors (Lipinski definition) is 2. The molecule has 0 aromatic heterocycles. The number of aryl methyl sites for hydroxylation is 1. The first-order chi connectivity index (χ1) is 13.4. The Bertz CT molecular complexity index is 1100. The molecular formula is C22H24ClN2O2S+. The maximum Gasteiger partial charge on any atom is 0.243 e. The van der Waals surface area contributed by atoms with Crippen LogP contribution in [-0.4, -0.2) is 38.9 Å². The van der Waals surface area contributed by atoms with E-state index in [1.165, 1.54) is 21.2 Å². The molecule has 0 amide bonds. The molecule has 3 aromatic rings. The van der Waals surface area contributed by atoms with E-state index in [4.69, 9.17) is 11.6 Å². The van der Waals surface area contributed by atoms with Gasteiger partial charge in [0.15, 0.2) is 0 Å². The summed E-state index contributed by atoms with van der Waals surface area (Å²) in [6.07, 6.45) is 0. The lowest BCUT2D eigenvalue weighted by Gasteiger charge is -2.31. The zero-order chi connectivity index (χ0) is 19.7. The molecule has 6 heteroatoms. The number of halogens is 1. The van der Waals surface area contributed by atoms with E-state index in [1.54, 1.807) is 22.5 Å². The van der Waals surface area contributed by atoms with Gasteiger partial charge >= 0.3 is 0 Å². The van der Waals surface area contributed by atoms with Crippen molar-refractivity contribution in [1.82, 2.24) is 4.31 Å². The molecule has 0 bridgehead atoms. The fourth-order valence-electron chi connectivity index (χ4n) is 3.82. The van der Waals surface area contributed by atoms with Crippen molar-refractivity contribution < 1.29 is 13.3 Å². The Morgan fingerprint density at radius 1 is 1.00 bits per heavy atom. The first-order valence-electron chi connectivity index (χ1n) is 9.52. The molecule has 1 N–H and O–H groups in total. The summed E-state index contributed by atoms with van der Waals surface area (Å²) in [6, 6.07) is 19.8. The highest BCUT2D eigenvalue weighted by atomic mass is 35.5. The summed E-state index contributed by atoms with van der Waals surface area (Å²) in [6.45, 7) is 5.41. The standard InChI is InChI=1S/C22H23ClN2O2S/c1-17-9-10-20(15-22(17)23)28(26,27)25-13-11-24(12-14-25)16-19-7-4-6-18-5-2-3-8-21(18)19/h2-10,15H,11-14,16H2,1H3/p+1. The van der Waals surface area contributed by atoms with Crippen molar-refractivity contribution in [3.63, 3.8) is 0 Å². The molecule has 28 heavy (non-hydrogen) atoms. The maximum atomic E-state index is 12.9. The molecule has 0 unspecified atom stereocenters. The minimum atomic E-state index is -3.50. The van der Waals surface area contributed by atoms with E-state index >= 15 is 0 Å².